The molecule has 4 aromatic rings. The topological polar surface area (TPSA) is 107 Å². The lowest BCUT2D eigenvalue weighted by atomic mass is 9.79. The van der Waals surface area contributed by atoms with Crippen LogP contribution >= 0.6 is 0 Å². The number of nitrogens with zero attached hydrogens (tertiary/aromatic N) is 6. The quantitative estimate of drug-likeness (QED) is 0.531. The molecule has 3 N–H and O–H groups in total. The molecule has 24 heavy (non-hydrogen) atoms. The van der Waals surface area contributed by atoms with Gasteiger partial charge in [0.2, 0.25) is 11.7 Å². The van der Waals surface area contributed by atoms with Gasteiger partial charge in [-0.2, -0.15) is 0 Å². The number of aromatic nitrogens is 6. The second kappa shape index (κ2) is 5.03. The minimum Gasteiger partial charge on any atom is -0.400 e. The summed E-state index contributed by atoms with van der Waals surface area (Å²) in [7, 11) is 5.75. The molecule has 1 atom stereocenters. The highest BCUT2D eigenvalue weighted by Gasteiger charge is 2.20. The van der Waals surface area contributed by atoms with Crippen molar-refractivity contribution in [1.29, 1.82) is 0 Å². The number of anilines is 1. The van der Waals surface area contributed by atoms with Crippen molar-refractivity contribution in [1.82, 2.24) is 29.0 Å². The fourth-order valence-electron chi connectivity index (χ4n) is 2.77. The van der Waals surface area contributed by atoms with Crippen LogP contribution in [0.5, 0.6) is 0 Å². The first kappa shape index (κ1) is 14.6. The Bertz CT molecular complexity index is 1050. The lowest BCUT2D eigenvalue weighted by molar-refractivity contribution is 0.148. The Balaban J connectivity index is 1.95. The summed E-state index contributed by atoms with van der Waals surface area (Å²) in [5.74, 6) is 0.736. The van der Waals surface area contributed by atoms with Crippen molar-refractivity contribution >= 4 is 25.1 Å². The molecule has 0 saturated heterocycles. The van der Waals surface area contributed by atoms with Crippen molar-refractivity contribution in [3.8, 4) is 11.1 Å². The Morgan fingerprint density at radius 2 is 2.17 bits per heavy atom. The summed E-state index contributed by atoms with van der Waals surface area (Å²) in [5.41, 5.74) is 7.40. The number of rotatable bonds is 3. The zero-order chi connectivity index (χ0) is 16.9. The molecule has 0 spiro atoms. The third-order valence-corrected chi connectivity index (χ3v) is 3.68. The van der Waals surface area contributed by atoms with E-state index in [0.29, 0.717) is 11.5 Å². The van der Waals surface area contributed by atoms with E-state index in [1.54, 1.807) is 23.1 Å². The number of nitrogens with two attached hydrogens (primary N) is 1. The van der Waals surface area contributed by atoms with Crippen LogP contribution in [0, 0.1) is 0 Å². The molecule has 4 rings (SSSR count). The predicted molar refractivity (Wildman–Crippen MR) is 89.5 cm³/mol. The molecule has 0 saturated carbocycles. The van der Waals surface area contributed by atoms with Gasteiger partial charge in [-0.05, 0) is 13.0 Å². The Kier molecular flexibility index (Phi) is 3.07. The molecule has 118 valence electrons. The van der Waals surface area contributed by atoms with Crippen molar-refractivity contribution in [3.05, 3.63) is 42.7 Å². The first-order valence-electron chi connectivity index (χ1n) is 7.35. The predicted octanol–water partition coefficient (Wildman–Crippen LogP) is 0.441. The first-order chi connectivity index (χ1) is 11.4. The molecule has 0 fully saturated rings. The largest absolute Gasteiger partial charge is 0.400 e. The first-order valence-corrected chi connectivity index (χ1v) is 7.35. The molecule has 1 unspecified atom stereocenters. The van der Waals surface area contributed by atoms with Crippen molar-refractivity contribution in [2.24, 2.45) is 0 Å². The molecular formula is C15H14BN7O. The van der Waals surface area contributed by atoms with E-state index in [0.717, 1.165) is 16.6 Å². The van der Waals surface area contributed by atoms with Gasteiger partial charge in [0, 0.05) is 54.0 Å². The van der Waals surface area contributed by atoms with Crippen LogP contribution in [0.4, 0.5) is 5.95 Å². The van der Waals surface area contributed by atoms with E-state index in [4.69, 9.17) is 13.6 Å². The number of hydrogen-bond donors (Lipinski definition) is 2. The summed E-state index contributed by atoms with van der Waals surface area (Å²) < 4.78 is 3.46. The molecule has 0 bridgehead atoms. The summed E-state index contributed by atoms with van der Waals surface area (Å²) in [6.07, 6.45) is 9.09. The van der Waals surface area contributed by atoms with Gasteiger partial charge in [-0.3, -0.25) is 4.40 Å². The lowest BCUT2D eigenvalue weighted by Gasteiger charge is -2.18. The number of imidazole rings is 1. The van der Waals surface area contributed by atoms with Gasteiger partial charge in [0.25, 0.3) is 0 Å². The molecule has 0 aromatic carbocycles. The molecule has 0 amide bonds. The molecule has 0 aliphatic rings. The zero-order valence-corrected chi connectivity index (χ0v) is 13.0. The van der Waals surface area contributed by atoms with E-state index in [9.17, 15) is 5.11 Å². The van der Waals surface area contributed by atoms with Crippen LogP contribution in [0.3, 0.4) is 0 Å². The molecule has 4 aromatic heterocycles. The molecule has 2 radical (unpaired) electrons. The van der Waals surface area contributed by atoms with E-state index in [-0.39, 0.29) is 12.4 Å². The molecule has 0 aliphatic heterocycles. The molecule has 0 aliphatic carbocycles. The standard InChI is InChI=1S/C15H14BN7O/c1-15(16,24)6-11-12-10(2-4-23(12)21-13(17)20-11)9-7-19-14-18-3-5-22(14)8-9/h2-5,7-8,24H,6H2,1H3,(H2,17,21). The van der Waals surface area contributed by atoms with Crippen molar-refractivity contribution in [2.45, 2.75) is 18.8 Å². The maximum absolute atomic E-state index is 9.98. The maximum atomic E-state index is 9.98. The van der Waals surface area contributed by atoms with Gasteiger partial charge in [0.15, 0.2) is 0 Å². The smallest absolute Gasteiger partial charge is 0.238 e. The molecule has 8 nitrogen and oxygen atoms in total. The van der Waals surface area contributed by atoms with Crippen molar-refractivity contribution in [3.63, 3.8) is 0 Å². The van der Waals surface area contributed by atoms with Gasteiger partial charge >= 0.3 is 0 Å². The summed E-state index contributed by atoms with van der Waals surface area (Å²) >= 11 is 0. The van der Waals surface area contributed by atoms with Crippen LogP contribution < -0.4 is 5.73 Å². The van der Waals surface area contributed by atoms with E-state index >= 15 is 0 Å². The Hall–Kier alpha value is -2.94. The summed E-state index contributed by atoms with van der Waals surface area (Å²) in [4.78, 5) is 12.7. The normalized spacial score (nSPS) is 14.2. The van der Waals surface area contributed by atoms with Crippen LogP contribution in [0.25, 0.3) is 22.4 Å². The fraction of sp³-hybridized carbons (Fsp3) is 0.200. The van der Waals surface area contributed by atoms with Crippen LogP contribution in [0.2, 0.25) is 0 Å². The highest BCUT2D eigenvalue weighted by molar-refractivity contribution is 6.14. The van der Waals surface area contributed by atoms with Crippen LogP contribution in [0.15, 0.2) is 37.1 Å². The minimum absolute atomic E-state index is 0.118. The van der Waals surface area contributed by atoms with E-state index in [2.05, 4.69) is 20.1 Å². The monoisotopic (exact) mass is 319 g/mol. The summed E-state index contributed by atoms with van der Waals surface area (Å²) in [6, 6.07) is 1.90. The van der Waals surface area contributed by atoms with E-state index < -0.39 is 5.50 Å². The van der Waals surface area contributed by atoms with E-state index in [1.165, 1.54) is 6.92 Å². The Morgan fingerprint density at radius 3 is 2.96 bits per heavy atom. The van der Waals surface area contributed by atoms with E-state index in [1.807, 2.05) is 22.9 Å². The van der Waals surface area contributed by atoms with Gasteiger partial charge in [-0.15, -0.1) is 5.10 Å². The van der Waals surface area contributed by atoms with Gasteiger partial charge in [0.1, 0.15) is 7.85 Å². The SMILES string of the molecule is [B]C(C)(O)Cc1nc(N)nn2ccc(-c3cnc4nccn4c3)c12. The van der Waals surface area contributed by atoms with Crippen molar-refractivity contribution < 1.29 is 5.11 Å². The average Bonchev–Trinajstić information content (AvgIpc) is 3.10. The number of hydrogen-bond acceptors (Lipinski definition) is 6. The zero-order valence-electron chi connectivity index (χ0n) is 13.0. The third-order valence-electron chi connectivity index (χ3n) is 3.68. The average molecular weight is 319 g/mol. The Morgan fingerprint density at radius 1 is 1.33 bits per heavy atom. The van der Waals surface area contributed by atoms with Crippen LogP contribution in [-0.4, -0.2) is 47.4 Å². The second-order valence-electron chi connectivity index (χ2n) is 5.95. The highest BCUT2D eigenvalue weighted by atomic mass is 16.3. The number of aliphatic hydroxyl groups is 1. The third kappa shape index (κ3) is 2.48. The summed E-state index contributed by atoms with van der Waals surface area (Å²) in [5, 5.41) is 14.2. The van der Waals surface area contributed by atoms with Crippen LogP contribution in [-0.2, 0) is 6.42 Å². The van der Waals surface area contributed by atoms with Gasteiger partial charge in [-0.1, -0.05) is 0 Å². The van der Waals surface area contributed by atoms with Gasteiger partial charge in [0.05, 0.1) is 11.2 Å². The van der Waals surface area contributed by atoms with Gasteiger partial charge < -0.3 is 10.8 Å². The van der Waals surface area contributed by atoms with Gasteiger partial charge in [-0.25, -0.2) is 19.5 Å². The summed E-state index contributed by atoms with van der Waals surface area (Å²) in [6.45, 7) is 1.52. The molecular weight excluding hydrogens is 305 g/mol. The highest BCUT2D eigenvalue weighted by Crippen LogP contribution is 2.28. The lowest BCUT2D eigenvalue weighted by Crippen LogP contribution is -2.28. The molecule has 9 heteroatoms. The van der Waals surface area contributed by atoms with Crippen molar-refractivity contribution in [2.75, 3.05) is 5.73 Å². The molecule has 4 heterocycles. The minimum atomic E-state index is -1.41. The maximum Gasteiger partial charge on any atom is 0.238 e. The number of fused-ring (bicyclic) bond motifs is 2. The number of nitrogen functional groups attached to an aromatic ring is 1. The fourth-order valence-corrected chi connectivity index (χ4v) is 2.77. The second-order valence-corrected chi connectivity index (χ2v) is 5.95. The van der Waals surface area contributed by atoms with Crippen LogP contribution in [0.1, 0.15) is 12.6 Å². The Labute approximate surface area is 138 Å².